The molecule has 0 aromatic rings. The molecular formula is C20H36O4. The van der Waals surface area contributed by atoms with Crippen LogP contribution in [0.3, 0.4) is 0 Å². The van der Waals surface area contributed by atoms with Crippen LogP contribution in [0.15, 0.2) is 0 Å². The van der Waals surface area contributed by atoms with Crippen LogP contribution in [0.5, 0.6) is 0 Å². The fraction of sp³-hybridized carbons (Fsp3) is 0.900. The Morgan fingerprint density at radius 1 is 1.00 bits per heavy atom. The lowest BCUT2D eigenvalue weighted by atomic mass is 9.82. The Labute approximate surface area is 147 Å². The molecule has 0 aliphatic heterocycles. The number of unbranched alkanes of at least 4 members (excludes halogenated alkanes) is 1. The summed E-state index contributed by atoms with van der Waals surface area (Å²) >= 11 is 0. The maximum atomic E-state index is 12.5. The summed E-state index contributed by atoms with van der Waals surface area (Å²) in [4.78, 5) is 23.5. The first-order valence-corrected chi connectivity index (χ1v) is 9.94. The van der Waals surface area contributed by atoms with Gasteiger partial charge in [0, 0.05) is 0 Å². The highest BCUT2D eigenvalue weighted by molar-refractivity contribution is 5.74. The second-order valence-corrected chi connectivity index (χ2v) is 7.39. The lowest BCUT2D eigenvalue weighted by Crippen LogP contribution is -2.30. The Morgan fingerprint density at radius 3 is 2.12 bits per heavy atom. The highest BCUT2D eigenvalue weighted by Gasteiger charge is 2.32. The van der Waals surface area contributed by atoms with Crippen molar-refractivity contribution in [2.24, 2.45) is 17.8 Å². The number of hydrogen-bond donors (Lipinski definition) is 1. The van der Waals surface area contributed by atoms with Crippen LogP contribution in [0.2, 0.25) is 0 Å². The largest absolute Gasteiger partial charge is 0.481 e. The van der Waals surface area contributed by atoms with E-state index < -0.39 is 5.97 Å². The third-order valence-corrected chi connectivity index (χ3v) is 5.44. The zero-order valence-electron chi connectivity index (χ0n) is 15.8. The van der Waals surface area contributed by atoms with Crippen LogP contribution < -0.4 is 0 Å². The van der Waals surface area contributed by atoms with Gasteiger partial charge in [0.05, 0.1) is 11.8 Å². The van der Waals surface area contributed by atoms with E-state index >= 15 is 0 Å². The molecule has 24 heavy (non-hydrogen) atoms. The molecule has 4 nitrogen and oxygen atoms in total. The molecule has 1 aliphatic rings. The molecule has 1 saturated carbocycles. The van der Waals surface area contributed by atoms with Crippen molar-refractivity contribution in [3.05, 3.63) is 0 Å². The number of carbonyl (C=O) groups excluding carboxylic acids is 1. The molecule has 0 bridgehead atoms. The molecule has 0 amide bonds. The van der Waals surface area contributed by atoms with Gasteiger partial charge in [0.2, 0.25) is 0 Å². The highest BCUT2D eigenvalue weighted by atomic mass is 16.5. The monoisotopic (exact) mass is 340 g/mol. The van der Waals surface area contributed by atoms with E-state index in [4.69, 9.17) is 9.84 Å². The Balaban J connectivity index is 2.48. The number of carboxylic acid groups (broad SMARTS) is 1. The predicted octanol–water partition coefficient (Wildman–Crippen LogP) is 5.20. The van der Waals surface area contributed by atoms with Gasteiger partial charge in [-0.1, -0.05) is 52.9 Å². The average molecular weight is 341 g/mol. The van der Waals surface area contributed by atoms with Gasteiger partial charge >= 0.3 is 11.9 Å². The first-order chi connectivity index (χ1) is 11.5. The quantitative estimate of drug-likeness (QED) is 0.525. The van der Waals surface area contributed by atoms with Crippen LogP contribution in [0, 0.1) is 17.8 Å². The summed E-state index contributed by atoms with van der Waals surface area (Å²) in [5, 5.41) is 9.06. The van der Waals surface area contributed by atoms with Crippen molar-refractivity contribution >= 4 is 11.9 Å². The van der Waals surface area contributed by atoms with Crippen molar-refractivity contribution in [2.75, 3.05) is 0 Å². The van der Waals surface area contributed by atoms with Crippen LogP contribution in [-0.4, -0.2) is 23.1 Å². The minimum atomic E-state index is -0.729. The molecule has 0 aromatic heterocycles. The van der Waals surface area contributed by atoms with Crippen LogP contribution in [0.4, 0.5) is 0 Å². The van der Waals surface area contributed by atoms with Crippen LogP contribution in [0.1, 0.15) is 91.4 Å². The summed E-state index contributed by atoms with van der Waals surface area (Å²) in [6, 6.07) is 0. The molecule has 1 N–H and O–H groups in total. The van der Waals surface area contributed by atoms with E-state index in [2.05, 4.69) is 20.8 Å². The van der Waals surface area contributed by atoms with Gasteiger partial charge in [-0.15, -0.1) is 0 Å². The molecule has 1 rings (SSSR count). The summed E-state index contributed by atoms with van der Waals surface area (Å²) in [7, 11) is 0. The first kappa shape index (κ1) is 21.0. The van der Waals surface area contributed by atoms with Gasteiger partial charge in [0.15, 0.2) is 0 Å². The summed E-state index contributed by atoms with van der Waals surface area (Å²) < 4.78 is 5.85. The zero-order chi connectivity index (χ0) is 17.9. The number of hydrogen-bond acceptors (Lipinski definition) is 3. The van der Waals surface area contributed by atoms with Crippen molar-refractivity contribution in [1.29, 1.82) is 0 Å². The zero-order valence-corrected chi connectivity index (χ0v) is 15.8. The fourth-order valence-electron chi connectivity index (χ4n) is 3.74. The third-order valence-electron chi connectivity index (χ3n) is 5.44. The lowest BCUT2D eigenvalue weighted by molar-refractivity contribution is -0.158. The lowest BCUT2D eigenvalue weighted by Gasteiger charge is -2.28. The molecule has 2 atom stereocenters. The number of aliphatic carboxylic acids is 1. The molecule has 4 heteroatoms. The molecule has 1 aliphatic carbocycles. The second-order valence-electron chi connectivity index (χ2n) is 7.39. The van der Waals surface area contributed by atoms with Crippen LogP contribution >= 0.6 is 0 Å². The Hall–Kier alpha value is -1.06. The molecule has 0 saturated heterocycles. The van der Waals surface area contributed by atoms with Crippen molar-refractivity contribution in [3.63, 3.8) is 0 Å². The van der Waals surface area contributed by atoms with E-state index in [-0.39, 0.29) is 23.9 Å². The van der Waals surface area contributed by atoms with Gasteiger partial charge in [-0.2, -0.15) is 0 Å². The molecule has 0 radical (unpaired) electrons. The standard InChI is InChI=1S/C20H36O4/c1-4-7-9-15(6-3)14-18(8-5-2)24-20(23)17-12-10-16(11-13-17)19(21)22/h15-18H,4-14H2,1-3H3,(H,21,22). The minimum Gasteiger partial charge on any atom is -0.481 e. The summed E-state index contributed by atoms with van der Waals surface area (Å²) in [5.74, 6) is -0.568. The average Bonchev–Trinajstić information content (AvgIpc) is 2.58. The molecule has 1 fully saturated rings. The highest BCUT2D eigenvalue weighted by Crippen LogP contribution is 2.31. The molecule has 0 heterocycles. The molecule has 0 spiro atoms. The number of carbonyl (C=O) groups is 2. The van der Waals surface area contributed by atoms with Crippen molar-refractivity contribution in [1.82, 2.24) is 0 Å². The topological polar surface area (TPSA) is 63.6 Å². The van der Waals surface area contributed by atoms with Gasteiger partial charge in [0.25, 0.3) is 0 Å². The van der Waals surface area contributed by atoms with E-state index in [0.29, 0.717) is 31.6 Å². The normalized spacial score (nSPS) is 23.5. The number of esters is 1. The maximum absolute atomic E-state index is 12.5. The van der Waals surface area contributed by atoms with Crippen LogP contribution in [-0.2, 0) is 14.3 Å². The minimum absolute atomic E-state index is 0.0292. The third kappa shape index (κ3) is 7.23. The van der Waals surface area contributed by atoms with Gasteiger partial charge in [0.1, 0.15) is 6.10 Å². The SMILES string of the molecule is CCCCC(CC)CC(CCC)OC(=O)C1CCC(C(=O)O)CC1. The predicted molar refractivity (Wildman–Crippen MR) is 95.8 cm³/mol. The van der Waals surface area contributed by atoms with Gasteiger partial charge in [-0.3, -0.25) is 9.59 Å². The summed E-state index contributed by atoms with van der Waals surface area (Å²) in [5.41, 5.74) is 0. The number of carboxylic acids is 1. The van der Waals surface area contributed by atoms with E-state index in [1.807, 2.05) is 0 Å². The first-order valence-electron chi connectivity index (χ1n) is 9.94. The summed E-state index contributed by atoms with van der Waals surface area (Å²) in [6.07, 6.45) is 10.3. The van der Waals surface area contributed by atoms with E-state index in [1.165, 1.54) is 19.3 Å². The van der Waals surface area contributed by atoms with E-state index in [1.54, 1.807) is 0 Å². The van der Waals surface area contributed by atoms with Gasteiger partial charge < -0.3 is 9.84 Å². The van der Waals surface area contributed by atoms with Gasteiger partial charge in [-0.25, -0.2) is 0 Å². The maximum Gasteiger partial charge on any atom is 0.309 e. The van der Waals surface area contributed by atoms with Crippen molar-refractivity contribution in [3.8, 4) is 0 Å². The number of ether oxygens (including phenoxy) is 1. The van der Waals surface area contributed by atoms with Crippen molar-refractivity contribution in [2.45, 2.75) is 97.5 Å². The van der Waals surface area contributed by atoms with Crippen LogP contribution in [0.25, 0.3) is 0 Å². The summed E-state index contributed by atoms with van der Waals surface area (Å²) in [6.45, 7) is 6.56. The second kappa shape index (κ2) is 11.5. The Bertz CT molecular complexity index is 372. The molecule has 0 aromatic carbocycles. The van der Waals surface area contributed by atoms with Crippen molar-refractivity contribution < 1.29 is 19.4 Å². The fourth-order valence-corrected chi connectivity index (χ4v) is 3.74. The molecule has 2 unspecified atom stereocenters. The van der Waals surface area contributed by atoms with Gasteiger partial charge in [-0.05, 0) is 44.4 Å². The molecule has 140 valence electrons. The Kier molecular flexibility index (Phi) is 10.0. The molecular weight excluding hydrogens is 304 g/mol. The van der Waals surface area contributed by atoms with E-state index in [0.717, 1.165) is 25.7 Å². The number of rotatable bonds is 11. The van der Waals surface area contributed by atoms with E-state index in [9.17, 15) is 9.59 Å². The Morgan fingerprint density at radius 2 is 1.62 bits per heavy atom. The smallest absolute Gasteiger partial charge is 0.309 e.